The van der Waals surface area contributed by atoms with Crippen molar-refractivity contribution in [3.8, 4) is 0 Å². The number of hydrogen-bond acceptors (Lipinski definition) is 2. The topological polar surface area (TPSA) is 40.5 Å². The van der Waals surface area contributed by atoms with E-state index < -0.39 is 11.2 Å². The highest BCUT2D eigenvalue weighted by Crippen LogP contribution is 2.36. The number of aliphatic hydroxyl groups is 2. The molecule has 0 aromatic heterocycles. The van der Waals surface area contributed by atoms with Crippen LogP contribution in [0.25, 0.3) is 0 Å². The van der Waals surface area contributed by atoms with Gasteiger partial charge in [-0.15, -0.1) is 0 Å². The van der Waals surface area contributed by atoms with Gasteiger partial charge < -0.3 is 10.2 Å². The van der Waals surface area contributed by atoms with Gasteiger partial charge in [0.15, 0.2) is 0 Å². The largest absolute Gasteiger partial charge is 0.387 e. The maximum Gasteiger partial charge on any atom is 0.0952 e. The van der Waals surface area contributed by atoms with Crippen molar-refractivity contribution < 1.29 is 10.2 Å². The third kappa shape index (κ3) is 2.44. The molecule has 0 amide bonds. The Kier molecular flexibility index (Phi) is 4.40. The molecule has 0 rings (SSSR count). The number of hydrogen-bond donors (Lipinski definition) is 2. The molecule has 0 aromatic carbocycles. The molecule has 2 N–H and O–H groups in total. The van der Waals surface area contributed by atoms with Crippen LogP contribution in [0.2, 0.25) is 0 Å². The lowest BCUT2D eigenvalue weighted by atomic mass is 9.71. The van der Waals surface area contributed by atoms with Gasteiger partial charge in [0.1, 0.15) is 0 Å². The summed E-state index contributed by atoms with van der Waals surface area (Å²) in [5.41, 5.74) is -1.96. The highest BCUT2D eigenvalue weighted by Gasteiger charge is 2.45. The Morgan fingerprint density at radius 2 is 1.38 bits per heavy atom. The van der Waals surface area contributed by atoms with Gasteiger partial charge in [-0.2, -0.15) is 0 Å². The van der Waals surface area contributed by atoms with E-state index in [1.54, 1.807) is 13.8 Å². The Morgan fingerprint density at radius 1 is 1.00 bits per heavy atom. The Labute approximate surface area is 82.0 Å². The van der Waals surface area contributed by atoms with E-state index in [2.05, 4.69) is 13.8 Å². The van der Waals surface area contributed by atoms with Crippen molar-refractivity contribution in [3.63, 3.8) is 0 Å². The molecule has 0 aliphatic heterocycles. The molecule has 0 saturated heterocycles. The summed E-state index contributed by atoms with van der Waals surface area (Å²) in [4.78, 5) is 0. The second-order valence-corrected chi connectivity index (χ2v) is 4.35. The molecule has 13 heavy (non-hydrogen) atoms. The van der Waals surface area contributed by atoms with Crippen molar-refractivity contribution in [1.82, 2.24) is 0 Å². The lowest BCUT2D eigenvalue weighted by Crippen LogP contribution is -2.54. The van der Waals surface area contributed by atoms with E-state index in [0.717, 1.165) is 12.8 Å². The fraction of sp³-hybridized carbons (Fsp3) is 1.00. The molecule has 0 fully saturated rings. The van der Waals surface area contributed by atoms with Crippen LogP contribution in [0, 0.1) is 5.92 Å². The molecule has 80 valence electrons. The zero-order valence-electron chi connectivity index (χ0n) is 9.59. The van der Waals surface area contributed by atoms with E-state index in [1.807, 2.05) is 6.92 Å². The second kappa shape index (κ2) is 4.43. The molecular formula is C11H24O2. The minimum Gasteiger partial charge on any atom is -0.387 e. The Bertz CT molecular complexity index is 145. The second-order valence-electron chi connectivity index (χ2n) is 4.35. The summed E-state index contributed by atoms with van der Waals surface area (Å²) in [5.74, 6) is 0.178. The smallest absolute Gasteiger partial charge is 0.0952 e. The van der Waals surface area contributed by atoms with Crippen LogP contribution in [0.4, 0.5) is 0 Å². The average Bonchev–Trinajstić information content (AvgIpc) is 2.04. The Hall–Kier alpha value is -0.0800. The van der Waals surface area contributed by atoms with E-state index in [-0.39, 0.29) is 5.92 Å². The van der Waals surface area contributed by atoms with Crippen molar-refractivity contribution in [1.29, 1.82) is 0 Å². The van der Waals surface area contributed by atoms with Crippen LogP contribution in [0.5, 0.6) is 0 Å². The zero-order chi connectivity index (χ0) is 10.7. The van der Waals surface area contributed by atoms with Gasteiger partial charge in [0.05, 0.1) is 11.2 Å². The minimum atomic E-state index is -1.02. The van der Waals surface area contributed by atoms with Gasteiger partial charge in [-0.3, -0.25) is 0 Å². The molecular weight excluding hydrogens is 164 g/mol. The van der Waals surface area contributed by atoms with Crippen LogP contribution in [-0.4, -0.2) is 21.4 Å². The van der Waals surface area contributed by atoms with E-state index in [9.17, 15) is 10.2 Å². The Balaban J connectivity index is 4.80. The van der Waals surface area contributed by atoms with Gasteiger partial charge in [0.25, 0.3) is 0 Å². The van der Waals surface area contributed by atoms with Crippen LogP contribution in [0.1, 0.15) is 53.9 Å². The molecule has 0 aliphatic rings. The van der Waals surface area contributed by atoms with Crippen molar-refractivity contribution in [2.45, 2.75) is 65.1 Å². The predicted molar refractivity (Wildman–Crippen MR) is 55.6 cm³/mol. The molecule has 0 spiro atoms. The molecule has 0 bridgehead atoms. The molecule has 2 nitrogen and oxygen atoms in total. The average molecular weight is 188 g/mol. The first kappa shape index (κ1) is 12.9. The summed E-state index contributed by atoms with van der Waals surface area (Å²) in [7, 11) is 0. The SMILES string of the molecule is CCC(CC)C(O)(CC)C(C)(C)O. The van der Waals surface area contributed by atoms with Gasteiger partial charge in [0, 0.05) is 0 Å². The summed E-state index contributed by atoms with van der Waals surface area (Å²) >= 11 is 0. The van der Waals surface area contributed by atoms with Gasteiger partial charge in [-0.1, -0.05) is 33.6 Å². The first-order chi connectivity index (χ1) is 5.83. The van der Waals surface area contributed by atoms with Crippen molar-refractivity contribution in [3.05, 3.63) is 0 Å². The van der Waals surface area contributed by atoms with Crippen LogP contribution < -0.4 is 0 Å². The van der Waals surface area contributed by atoms with Crippen LogP contribution in [0.15, 0.2) is 0 Å². The van der Waals surface area contributed by atoms with Gasteiger partial charge in [-0.05, 0) is 26.2 Å². The zero-order valence-corrected chi connectivity index (χ0v) is 9.59. The first-order valence-corrected chi connectivity index (χ1v) is 5.28. The summed E-state index contributed by atoms with van der Waals surface area (Å²) in [6.07, 6.45) is 2.42. The van der Waals surface area contributed by atoms with Crippen molar-refractivity contribution in [2.75, 3.05) is 0 Å². The maximum atomic E-state index is 10.4. The first-order valence-electron chi connectivity index (χ1n) is 5.28. The van der Waals surface area contributed by atoms with Crippen LogP contribution >= 0.6 is 0 Å². The molecule has 0 saturated carbocycles. The fourth-order valence-electron chi connectivity index (χ4n) is 2.18. The lowest BCUT2D eigenvalue weighted by Gasteiger charge is -2.43. The summed E-state index contributed by atoms with van der Waals surface area (Å²) in [6.45, 7) is 9.42. The molecule has 0 aliphatic carbocycles. The van der Waals surface area contributed by atoms with E-state index in [1.165, 1.54) is 0 Å². The fourth-order valence-corrected chi connectivity index (χ4v) is 2.18. The molecule has 0 aromatic rings. The van der Waals surface area contributed by atoms with Gasteiger partial charge in [-0.25, -0.2) is 0 Å². The summed E-state index contributed by atoms with van der Waals surface area (Å²) < 4.78 is 0. The standard InChI is InChI=1S/C11H24O2/c1-6-9(7-2)11(13,8-3)10(4,5)12/h9,12-13H,6-8H2,1-5H3. The highest BCUT2D eigenvalue weighted by molar-refractivity contribution is 4.96. The third-order valence-electron chi connectivity index (χ3n) is 3.26. The predicted octanol–water partition coefficient (Wildman–Crippen LogP) is 2.33. The van der Waals surface area contributed by atoms with Gasteiger partial charge in [0.2, 0.25) is 0 Å². The molecule has 2 heteroatoms. The van der Waals surface area contributed by atoms with E-state index >= 15 is 0 Å². The molecule has 0 radical (unpaired) electrons. The minimum absolute atomic E-state index is 0.178. The summed E-state index contributed by atoms with van der Waals surface area (Å²) in [6, 6.07) is 0. The highest BCUT2D eigenvalue weighted by atomic mass is 16.4. The molecule has 1 atom stereocenters. The quantitative estimate of drug-likeness (QED) is 0.695. The normalized spacial score (nSPS) is 17.5. The van der Waals surface area contributed by atoms with Crippen LogP contribution in [0.3, 0.4) is 0 Å². The third-order valence-corrected chi connectivity index (χ3v) is 3.26. The molecule has 0 heterocycles. The maximum absolute atomic E-state index is 10.4. The molecule has 1 unspecified atom stereocenters. The van der Waals surface area contributed by atoms with E-state index in [0.29, 0.717) is 6.42 Å². The monoisotopic (exact) mass is 188 g/mol. The van der Waals surface area contributed by atoms with Crippen molar-refractivity contribution in [2.24, 2.45) is 5.92 Å². The number of rotatable bonds is 5. The lowest BCUT2D eigenvalue weighted by molar-refractivity contribution is -0.167. The summed E-state index contributed by atoms with van der Waals surface area (Å²) in [5, 5.41) is 20.3. The van der Waals surface area contributed by atoms with Crippen molar-refractivity contribution >= 4 is 0 Å². The van der Waals surface area contributed by atoms with Crippen LogP contribution in [-0.2, 0) is 0 Å². The Morgan fingerprint density at radius 3 is 1.46 bits per heavy atom. The van der Waals surface area contributed by atoms with E-state index in [4.69, 9.17) is 0 Å². The van der Waals surface area contributed by atoms with Gasteiger partial charge >= 0.3 is 0 Å².